The Morgan fingerprint density at radius 2 is 1.90 bits per heavy atom. The van der Waals surface area contributed by atoms with Crippen molar-refractivity contribution in [3.8, 4) is 0 Å². The second kappa shape index (κ2) is 5.67. The van der Waals surface area contributed by atoms with E-state index in [9.17, 15) is 9.59 Å². The SMILES string of the molecule is CC(=O)c1sc(N2CCCC(C)(C)CC2)c(C(N)=O)c1N. The van der Waals surface area contributed by atoms with Crippen LogP contribution >= 0.6 is 11.3 Å². The van der Waals surface area contributed by atoms with Crippen LogP contribution in [-0.2, 0) is 0 Å². The van der Waals surface area contributed by atoms with Crippen LogP contribution in [0, 0.1) is 5.41 Å². The molecule has 1 saturated heterocycles. The number of nitrogens with zero attached hydrogens (tertiary/aromatic N) is 1. The van der Waals surface area contributed by atoms with Crippen LogP contribution in [0.5, 0.6) is 0 Å². The summed E-state index contributed by atoms with van der Waals surface area (Å²) in [7, 11) is 0. The molecule has 1 amide bonds. The summed E-state index contributed by atoms with van der Waals surface area (Å²) in [5.41, 5.74) is 12.3. The van der Waals surface area contributed by atoms with E-state index in [1.807, 2.05) is 0 Å². The summed E-state index contributed by atoms with van der Waals surface area (Å²) < 4.78 is 0. The van der Waals surface area contributed by atoms with Crippen molar-refractivity contribution >= 4 is 33.7 Å². The Bertz CT molecular complexity index is 578. The number of nitrogens with two attached hydrogens (primary N) is 2. The quantitative estimate of drug-likeness (QED) is 0.840. The van der Waals surface area contributed by atoms with Gasteiger partial charge in [0, 0.05) is 20.0 Å². The number of ketones is 1. The number of Topliss-reactive ketones (excluding diaryl/α,β-unsaturated/α-hetero) is 1. The number of thiophene rings is 1. The number of hydrogen-bond donors (Lipinski definition) is 2. The van der Waals surface area contributed by atoms with E-state index in [1.165, 1.54) is 18.3 Å². The molecule has 0 spiro atoms. The minimum absolute atomic E-state index is 0.124. The third-order valence-corrected chi connectivity index (χ3v) is 5.49. The third-order valence-electron chi connectivity index (χ3n) is 4.12. The molecule has 6 heteroatoms. The zero-order chi connectivity index (χ0) is 15.8. The Morgan fingerprint density at radius 3 is 2.48 bits per heavy atom. The molecule has 0 atom stereocenters. The van der Waals surface area contributed by atoms with Crippen LogP contribution in [0.3, 0.4) is 0 Å². The van der Waals surface area contributed by atoms with Crippen molar-refractivity contribution in [2.45, 2.75) is 40.0 Å². The topological polar surface area (TPSA) is 89.4 Å². The first-order chi connectivity index (χ1) is 9.73. The summed E-state index contributed by atoms with van der Waals surface area (Å²) in [5, 5.41) is 0.753. The Kier molecular flexibility index (Phi) is 4.27. The predicted octanol–water partition coefficient (Wildman–Crippen LogP) is 2.65. The van der Waals surface area contributed by atoms with E-state index in [0.29, 0.717) is 15.9 Å². The molecule has 2 rings (SSSR count). The van der Waals surface area contributed by atoms with Crippen LogP contribution in [0.1, 0.15) is 60.1 Å². The molecule has 116 valence electrons. The highest BCUT2D eigenvalue weighted by Gasteiger charge is 2.29. The number of primary amides is 1. The average molecular weight is 309 g/mol. The molecule has 0 aliphatic carbocycles. The van der Waals surface area contributed by atoms with Gasteiger partial charge in [-0.15, -0.1) is 11.3 Å². The van der Waals surface area contributed by atoms with Crippen molar-refractivity contribution in [2.24, 2.45) is 11.1 Å². The van der Waals surface area contributed by atoms with E-state index in [-0.39, 0.29) is 11.5 Å². The minimum atomic E-state index is -0.560. The van der Waals surface area contributed by atoms with Gasteiger partial charge in [0.1, 0.15) is 5.00 Å². The van der Waals surface area contributed by atoms with Crippen LogP contribution in [0.15, 0.2) is 0 Å². The van der Waals surface area contributed by atoms with Gasteiger partial charge in [0.05, 0.1) is 16.1 Å². The van der Waals surface area contributed by atoms with E-state index in [4.69, 9.17) is 11.5 Å². The van der Waals surface area contributed by atoms with Gasteiger partial charge in [-0.3, -0.25) is 9.59 Å². The molecule has 0 bridgehead atoms. The molecule has 1 aromatic heterocycles. The van der Waals surface area contributed by atoms with Gasteiger partial charge in [-0.1, -0.05) is 13.8 Å². The maximum absolute atomic E-state index is 11.7. The molecule has 21 heavy (non-hydrogen) atoms. The fourth-order valence-corrected chi connectivity index (χ4v) is 3.95. The van der Waals surface area contributed by atoms with Crippen LogP contribution in [-0.4, -0.2) is 24.8 Å². The van der Waals surface area contributed by atoms with Gasteiger partial charge in [0.15, 0.2) is 5.78 Å². The molecule has 0 unspecified atom stereocenters. The highest BCUT2D eigenvalue weighted by Crippen LogP contribution is 2.40. The van der Waals surface area contributed by atoms with Crippen molar-refractivity contribution in [3.63, 3.8) is 0 Å². The average Bonchev–Trinajstić information content (AvgIpc) is 2.60. The fourth-order valence-electron chi connectivity index (χ4n) is 2.78. The molecular weight excluding hydrogens is 286 g/mol. The third kappa shape index (κ3) is 3.20. The summed E-state index contributed by atoms with van der Waals surface area (Å²) in [6.45, 7) is 7.69. The number of amides is 1. The van der Waals surface area contributed by atoms with E-state index in [1.54, 1.807) is 0 Å². The van der Waals surface area contributed by atoms with Gasteiger partial charge in [-0.25, -0.2) is 0 Å². The number of nitrogen functional groups attached to an aromatic ring is 1. The highest BCUT2D eigenvalue weighted by atomic mass is 32.1. The maximum atomic E-state index is 11.7. The Labute approximate surface area is 129 Å². The molecule has 0 radical (unpaired) electrons. The molecule has 5 nitrogen and oxygen atoms in total. The van der Waals surface area contributed by atoms with Crippen LogP contribution < -0.4 is 16.4 Å². The number of anilines is 2. The predicted molar refractivity (Wildman–Crippen MR) is 87.1 cm³/mol. The first kappa shape index (κ1) is 15.8. The van der Waals surface area contributed by atoms with Gasteiger partial charge in [0.2, 0.25) is 0 Å². The summed E-state index contributed by atoms with van der Waals surface area (Å²) >= 11 is 1.29. The second-order valence-electron chi connectivity index (χ2n) is 6.45. The molecule has 0 saturated carbocycles. The Hall–Kier alpha value is -1.56. The Morgan fingerprint density at radius 1 is 1.24 bits per heavy atom. The largest absolute Gasteiger partial charge is 0.397 e. The number of carbonyl (C=O) groups excluding carboxylic acids is 2. The Balaban J connectivity index is 2.41. The molecule has 2 heterocycles. The van der Waals surface area contributed by atoms with Crippen molar-refractivity contribution in [1.82, 2.24) is 0 Å². The van der Waals surface area contributed by atoms with E-state index >= 15 is 0 Å². The summed E-state index contributed by atoms with van der Waals surface area (Å²) in [4.78, 5) is 26.0. The monoisotopic (exact) mass is 309 g/mol. The van der Waals surface area contributed by atoms with Crippen molar-refractivity contribution in [2.75, 3.05) is 23.7 Å². The molecule has 1 aliphatic heterocycles. The van der Waals surface area contributed by atoms with Crippen LogP contribution in [0.25, 0.3) is 0 Å². The second-order valence-corrected chi connectivity index (χ2v) is 7.45. The fraction of sp³-hybridized carbons (Fsp3) is 0.600. The number of carbonyl (C=O) groups is 2. The van der Waals surface area contributed by atoms with E-state index < -0.39 is 5.91 Å². The standard InChI is InChI=1S/C15H23N3O2S/c1-9(19)12-11(16)10(13(17)20)14(21-12)18-7-4-5-15(2,3)6-8-18/h4-8,16H2,1-3H3,(H2,17,20). The summed E-state index contributed by atoms with van der Waals surface area (Å²) in [6, 6.07) is 0. The molecular formula is C15H23N3O2S. The first-order valence-corrected chi connectivity index (χ1v) is 8.02. The van der Waals surface area contributed by atoms with Gasteiger partial charge in [-0.2, -0.15) is 0 Å². The highest BCUT2D eigenvalue weighted by molar-refractivity contribution is 7.19. The summed E-state index contributed by atoms with van der Waals surface area (Å²) in [6.07, 6.45) is 3.24. The maximum Gasteiger partial charge on any atom is 0.253 e. The van der Waals surface area contributed by atoms with Gasteiger partial charge < -0.3 is 16.4 Å². The zero-order valence-electron chi connectivity index (χ0n) is 12.9. The lowest BCUT2D eigenvalue weighted by Gasteiger charge is -2.24. The van der Waals surface area contributed by atoms with Gasteiger partial charge >= 0.3 is 0 Å². The van der Waals surface area contributed by atoms with Crippen molar-refractivity contribution in [3.05, 3.63) is 10.4 Å². The number of rotatable bonds is 3. The van der Waals surface area contributed by atoms with Gasteiger partial charge in [0.25, 0.3) is 5.91 Å². The van der Waals surface area contributed by atoms with Crippen molar-refractivity contribution < 1.29 is 9.59 Å². The van der Waals surface area contributed by atoms with Crippen LogP contribution in [0.2, 0.25) is 0 Å². The van der Waals surface area contributed by atoms with Gasteiger partial charge in [-0.05, 0) is 24.7 Å². The lowest BCUT2D eigenvalue weighted by atomic mass is 9.85. The lowest BCUT2D eigenvalue weighted by molar-refractivity contribution is 0.100. The van der Waals surface area contributed by atoms with E-state index in [2.05, 4.69) is 18.7 Å². The normalized spacial score (nSPS) is 18.3. The minimum Gasteiger partial charge on any atom is -0.397 e. The molecule has 1 aliphatic rings. The molecule has 0 aromatic carbocycles. The first-order valence-electron chi connectivity index (χ1n) is 7.21. The molecule has 4 N–H and O–H groups in total. The zero-order valence-corrected chi connectivity index (χ0v) is 13.7. The molecule has 1 fully saturated rings. The number of hydrogen-bond acceptors (Lipinski definition) is 5. The van der Waals surface area contributed by atoms with E-state index in [0.717, 1.165) is 37.4 Å². The molecule has 1 aromatic rings. The van der Waals surface area contributed by atoms with Crippen LogP contribution in [0.4, 0.5) is 10.7 Å². The lowest BCUT2D eigenvalue weighted by Crippen LogP contribution is -2.27. The van der Waals surface area contributed by atoms with Crippen molar-refractivity contribution in [1.29, 1.82) is 0 Å². The smallest absolute Gasteiger partial charge is 0.253 e. The summed E-state index contributed by atoms with van der Waals surface area (Å²) in [5.74, 6) is -0.684.